The van der Waals surface area contributed by atoms with Crippen LogP contribution in [0.15, 0.2) is 30.3 Å². The Bertz CT molecular complexity index is 642. The van der Waals surface area contributed by atoms with Gasteiger partial charge in [0.25, 0.3) is 5.78 Å². The van der Waals surface area contributed by atoms with Crippen molar-refractivity contribution in [3.05, 3.63) is 35.9 Å². The maximum Gasteiger partial charge on any atom is 0.412 e. The van der Waals surface area contributed by atoms with E-state index < -0.39 is 29.2 Å². The predicted molar refractivity (Wildman–Crippen MR) is 83.9 cm³/mol. The molecule has 0 bridgehead atoms. The molecule has 1 aromatic rings. The standard InChI is InChI=1S/C16H19NO6/c1-16(2,3)23-15(21)17-11-7-5-6-10(8-11)12(18)9-13(19)14(20)22-4/h5-9,18H,1-4H3,(H,17,21). The van der Waals surface area contributed by atoms with Gasteiger partial charge in [0.05, 0.1) is 7.11 Å². The molecule has 7 heteroatoms. The highest BCUT2D eigenvalue weighted by Gasteiger charge is 2.17. The van der Waals surface area contributed by atoms with Crippen LogP contribution in [0.1, 0.15) is 26.3 Å². The van der Waals surface area contributed by atoms with Crippen LogP contribution >= 0.6 is 0 Å². The number of anilines is 1. The Morgan fingerprint density at radius 2 is 1.87 bits per heavy atom. The van der Waals surface area contributed by atoms with Crippen molar-refractivity contribution in [1.29, 1.82) is 0 Å². The van der Waals surface area contributed by atoms with Crippen molar-refractivity contribution in [2.75, 3.05) is 12.4 Å². The summed E-state index contributed by atoms with van der Waals surface area (Å²) in [6.07, 6.45) is 0.0991. The highest BCUT2D eigenvalue weighted by Crippen LogP contribution is 2.18. The average molecular weight is 321 g/mol. The summed E-state index contributed by atoms with van der Waals surface area (Å²) in [4.78, 5) is 34.1. The van der Waals surface area contributed by atoms with Crippen LogP contribution in [0.25, 0.3) is 5.76 Å². The Kier molecular flexibility index (Phi) is 5.89. The molecule has 0 aliphatic rings. The number of rotatable bonds is 4. The molecule has 23 heavy (non-hydrogen) atoms. The number of methoxy groups -OCH3 is 1. The van der Waals surface area contributed by atoms with Gasteiger partial charge in [-0.1, -0.05) is 12.1 Å². The van der Waals surface area contributed by atoms with Gasteiger partial charge in [-0.25, -0.2) is 9.59 Å². The van der Waals surface area contributed by atoms with E-state index in [1.807, 2.05) is 0 Å². The molecule has 1 amide bonds. The molecule has 2 N–H and O–H groups in total. The molecule has 0 unspecified atom stereocenters. The van der Waals surface area contributed by atoms with E-state index in [9.17, 15) is 19.5 Å². The zero-order valence-corrected chi connectivity index (χ0v) is 13.4. The lowest BCUT2D eigenvalue weighted by Gasteiger charge is -2.19. The number of carbonyl (C=O) groups is 3. The van der Waals surface area contributed by atoms with Gasteiger partial charge in [-0.15, -0.1) is 0 Å². The number of nitrogens with one attached hydrogen (secondary N) is 1. The smallest absolute Gasteiger partial charge is 0.412 e. The molecule has 0 heterocycles. The van der Waals surface area contributed by atoms with Crippen molar-refractivity contribution in [3.8, 4) is 0 Å². The average Bonchev–Trinajstić information content (AvgIpc) is 2.44. The van der Waals surface area contributed by atoms with Gasteiger partial charge < -0.3 is 14.6 Å². The van der Waals surface area contributed by atoms with Crippen LogP contribution in [0, 0.1) is 0 Å². The van der Waals surface area contributed by atoms with Crippen LogP contribution in [0.2, 0.25) is 0 Å². The normalized spacial score (nSPS) is 11.6. The second-order valence-electron chi connectivity index (χ2n) is 5.59. The van der Waals surface area contributed by atoms with Crippen molar-refractivity contribution in [2.45, 2.75) is 26.4 Å². The lowest BCUT2D eigenvalue weighted by molar-refractivity contribution is -0.149. The monoisotopic (exact) mass is 321 g/mol. The predicted octanol–water partition coefficient (Wildman–Crippen LogP) is 2.67. The molecule has 1 rings (SSSR count). The van der Waals surface area contributed by atoms with Crippen molar-refractivity contribution in [1.82, 2.24) is 0 Å². The zero-order valence-electron chi connectivity index (χ0n) is 13.4. The molecule has 0 fully saturated rings. The maximum atomic E-state index is 11.7. The quantitative estimate of drug-likeness (QED) is 0.382. The molecular weight excluding hydrogens is 302 g/mol. The minimum absolute atomic E-state index is 0.246. The fourth-order valence-corrected chi connectivity index (χ4v) is 1.54. The molecule has 0 atom stereocenters. The molecular formula is C16H19NO6. The van der Waals surface area contributed by atoms with Crippen LogP contribution in [0.5, 0.6) is 0 Å². The Morgan fingerprint density at radius 3 is 2.43 bits per heavy atom. The van der Waals surface area contributed by atoms with Gasteiger partial charge in [-0.3, -0.25) is 10.1 Å². The van der Waals surface area contributed by atoms with Crippen molar-refractivity contribution in [2.24, 2.45) is 0 Å². The summed E-state index contributed by atoms with van der Waals surface area (Å²) < 4.78 is 9.36. The maximum absolute atomic E-state index is 11.7. The SMILES string of the molecule is COC(=O)C(=O)C=C(O)c1cccc(NC(=O)OC(C)(C)C)c1. The molecule has 1 aromatic carbocycles. The van der Waals surface area contributed by atoms with Crippen LogP contribution < -0.4 is 5.32 Å². The number of amides is 1. The largest absolute Gasteiger partial charge is 0.507 e. The van der Waals surface area contributed by atoms with Crippen molar-refractivity contribution < 1.29 is 29.0 Å². The number of aliphatic hydroxyl groups is 1. The van der Waals surface area contributed by atoms with Gasteiger partial charge in [0.2, 0.25) is 0 Å². The molecule has 0 aliphatic heterocycles. The number of benzene rings is 1. The summed E-state index contributed by atoms with van der Waals surface area (Å²) in [5.74, 6) is -2.50. The first-order chi connectivity index (χ1) is 10.6. The second kappa shape index (κ2) is 7.44. The van der Waals surface area contributed by atoms with E-state index in [1.165, 1.54) is 12.1 Å². The first kappa shape index (κ1) is 18.2. The number of carbonyl (C=O) groups excluding carboxylic acids is 3. The van der Waals surface area contributed by atoms with E-state index in [4.69, 9.17) is 4.74 Å². The Labute approximate surface area is 133 Å². The Morgan fingerprint density at radius 1 is 1.22 bits per heavy atom. The topological polar surface area (TPSA) is 102 Å². The minimum Gasteiger partial charge on any atom is -0.507 e. The highest BCUT2D eigenvalue weighted by atomic mass is 16.6. The second-order valence-corrected chi connectivity index (χ2v) is 5.59. The number of hydrogen-bond donors (Lipinski definition) is 2. The van der Waals surface area contributed by atoms with Crippen LogP contribution in [-0.2, 0) is 19.1 Å². The number of ketones is 1. The van der Waals surface area contributed by atoms with Gasteiger partial charge in [0, 0.05) is 17.3 Å². The van der Waals surface area contributed by atoms with Crippen molar-refractivity contribution >= 4 is 29.3 Å². The molecule has 0 saturated heterocycles. The van der Waals surface area contributed by atoms with E-state index in [2.05, 4.69) is 10.1 Å². The third kappa shape index (κ3) is 6.21. The van der Waals surface area contributed by atoms with E-state index in [0.29, 0.717) is 5.69 Å². The lowest BCUT2D eigenvalue weighted by Crippen LogP contribution is -2.27. The summed E-state index contributed by atoms with van der Waals surface area (Å²) in [6.45, 7) is 5.20. The molecule has 7 nitrogen and oxygen atoms in total. The minimum atomic E-state index is -1.08. The zero-order chi connectivity index (χ0) is 17.6. The van der Waals surface area contributed by atoms with Gasteiger partial charge >= 0.3 is 12.1 Å². The number of aliphatic hydroxyl groups excluding tert-OH is 1. The highest BCUT2D eigenvalue weighted by molar-refractivity contribution is 6.39. The Balaban J connectivity index is 2.88. The lowest BCUT2D eigenvalue weighted by atomic mass is 10.1. The molecule has 0 radical (unpaired) electrons. The molecule has 0 spiro atoms. The molecule has 0 aliphatic carbocycles. The van der Waals surface area contributed by atoms with E-state index in [-0.39, 0.29) is 5.56 Å². The van der Waals surface area contributed by atoms with Crippen LogP contribution in [0.4, 0.5) is 10.5 Å². The Hall–Kier alpha value is -2.83. The van der Waals surface area contributed by atoms with Gasteiger partial charge in [0.15, 0.2) is 0 Å². The van der Waals surface area contributed by atoms with Gasteiger partial charge in [-0.05, 0) is 32.9 Å². The van der Waals surface area contributed by atoms with E-state index >= 15 is 0 Å². The fraction of sp³-hybridized carbons (Fsp3) is 0.312. The first-order valence-electron chi connectivity index (χ1n) is 6.76. The fourth-order valence-electron chi connectivity index (χ4n) is 1.54. The number of esters is 1. The first-order valence-corrected chi connectivity index (χ1v) is 6.76. The summed E-state index contributed by atoms with van der Waals surface area (Å²) in [5, 5.41) is 12.4. The molecule has 0 saturated carbocycles. The van der Waals surface area contributed by atoms with Gasteiger partial charge in [-0.2, -0.15) is 0 Å². The molecule has 124 valence electrons. The van der Waals surface area contributed by atoms with Gasteiger partial charge in [0.1, 0.15) is 11.4 Å². The summed E-state index contributed by atoms with van der Waals surface area (Å²) in [7, 11) is 1.07. The van der Waals surface area contributed by atoms with E-state index in [0.717, 1.165) is 13.2 Å². The molecule has 0 aromatic heterocycles. The van der Waals surface area contributed by atoms with E-state index in [1.54, 1.807) is 32.9 Å². The number of hydrogen-bond acceptors (Lipinski definition) is 6. The van der Waals surface area contributed by atoms with Crippen molar-refractivity contribution in [3.63, 3.8) is 0 Å². The third-order valence-corrected chi connectivity index (χ3v) is 2.46. The van der Waals surface area contributed by atoms with Crippen LogP contribution in [-0.4, -0.2) is 35.7 Å². The summed E-state index contributed by atoms with van der Waals surface area (Å²) >= 11 is 0. The summed E-state index contributed by atoms with van der Waals surface area (Å²) in [6, 6.07) is 6.09. The summed E-state index contributed by atoms with van der Waals surface area (Å²) in [5.41, 5.74) is -0.0329. The van der Waals surface area contributed by atoms with Crippen LogP contribution in [0.3, 0.4) is 0 Å². The third-order valence-electron chi connectivity index (χ3n) is 2.46. The number of ether oxygens (including phenoxy) is 2.